The molecule has 0 aliphatic heterocycles. The number of hydrogen-bond acceptors (Lipinski definition) is 3. The van der Waals surface area contributed by atoms with Crippen LogP contribution < -0.4 is 4.90 Å². The molecular weight excluding hydrogens is 277 g/mol. The Bertz CT molecular complexity index is 601. The van der Waals surface area contributed by atoms with E-state index in [1.165, 1.54) is 12.1 Å². The van der Waals surface area contributed by atoms with Crippen molar-refractivity contribution in [2.45, 2.75) is 26.7 Å². The van der Waals surface area contributed by atoms with Crippen molar-refractivity contribution in [3.63, 3.8) is 0 Å². The van der Waals surface area contributed by atoms with Crippen molar-refractivity contribution < 1.29 is 4.39 Å². The third-order valence-corrected chi connectivity index (χ3v) is 3.12. The number of benzene rings is 1. The van der Waals surface area contributed by atoms with Crippen molar-refractivity contribution in [3.05, 3.63) is 47.1 Å². The highest BCUT2D eigenvalue weighted by atomic mass is 35.5. The van der Waals surface area contributed by atoms with E-state index in [0.29, 0.717) is 23.3 Å². The summed E-state index contributed by atoms with van der Waals surface area (Å²) in [5, 5.41) is 0.397. The van der Waals surface area contributed by atoms with Crippen molar-refractivity contribution >= 4 is 23.1 Å². The van der Waals surface area contributed by atoms with Crippen LogP contribution in [-0.4, -0.2) is 16.5 Å². The molecule has 106 valence electrons. The van der Waals surface area contributed by atoms with Gasteiger partial charge in [-0.05, 0) is 25.1 Å². The lowest BCUT2D eigenvalue weighted by atomic mass is 10.2. The van der Waals surface area contributed by atoms with Crippen molar-refractivity contribution in [2.75, 3.05) is 11.4 Å². The van der Waals surface area contributed by atoms with Gasteiger partial charge in [-0.15, -0.1) is 0 Å². The molecule has 0 bridgehead atoms. The molecule has 3 nitrogen and oxygen atoms in total. The molecular formula is C15H17ClFN3. The zero-order chi connectivity index (χ0) is 14.7. The van der Waals surface area contributed by atoms with Gasteiger partial charge in [0.1, 0.15) is 22.6 Å². The molecule has 0 unspecified atom stereocenters. The van der Waals surface area contributed by atoms with Crippen LogP contribution in [0.5, 0.6) is 0 Å². The molecule has 0 aliphatic rings. The lowest BCUT2D eigenvalue weighted by molar-refractivity contribution is 0.627. The number of rotatable bonds is 4. The number of anilines is 2. The molecule has 0 fully saturated rings. The van der Waals surface area contributed by atoms with Crippen molar-refractivity contribution in [2.24, 2.45) is 0 Å². The Morgan fingerprint density at radius 1 is 1.25 bits per heavy atom. The van der Waals surface area contributed by atoms with Gasteiger partial charge >= 0.3 is 0 Å². The van der Waals surface area contributed by atoms with Crippen LogP contribution >= 0.6 is 11.6 Å². The second-order valence-electron chi connectivity index (χ2n) is 4.79. The van der Waals surface area contributed by atoms with Gasteiger partial charge in [-0.2, -0.15) is 0 Å². The topological polar surface area (TPSA) is 29.0 Å². The monoisotopic (exact) mass is 293 g/mol. The lowest BCUT2D eigenvalue weighted by Gasteiger charge is -2.23. The van der Waals surface area contributed by atoms with E-state index in [4.69, 9.17) is 11.6 Å². The summed E-state index contributed by atoms with van der Waals surface area (Å²) in [4.78, 5) is 10.6. The van der Waals surface area contributed by atoms with E-state index in [9.17, 15) is 4.39 Å². The summed E-state index contributed by atoms with van der Waals surface area (Å²) in [6.07, 6.45) is 0. The van der Waals surface area contributed by atoms with Gasteiger partial charge in [0.2, 0.25) is 0 Å². The van der Waals surface area contributed by atoms with E-state index in [1.54, 1.807) is 12.1 Å². The Morgan fingerprint density at radius 2 is 2.00 bits per heavy atom. The highest BCUT2D eigenvalue weighted by Gasteiger charge is 2.13. The summed E-state index contributed by atoms with van der Waals surface area (Å²) < 4.78 is 13.4. The lowest BCUT2D eigenvalue weighted by Crippen LogP contribution is -2.18. The van der Waals surface area contributed by atoms with Crippen LogP contribution in [0.3, 0.4) is 0 Å². The van der Waals surface area contributed by atoms with Gasteiger partial charge in [-0.3, -0.25) is 0 Å². The Balaban J connectivity index is 2.46. The molecule has 1 heterocycles. The minimum absolute atomic E-state index is 0.179. The molecule has 0 spiro atoms. The maximum atomic E-state index is 13.4. The van der Waals surface area contributed by atoms with E-state index in [1.807, 2.05) is 31.7 Å². The predicted molar refractivity (Wildman–Crippen MR) is 80.2 cm³/mol. The standard InChI is InChI=1S/C15H17ClFN3/c1-4-20(12-7-5-6-11(17)8-12)14-9-13(16)18-15(19-14)10(2)3/h5-10H,4H2,1-3H3. The van der Waals surface area contributed by atoms with Crippen molar-refractivity contribution in [1.82, 2.24) is 9.97 Å². The highest BCUT2D eigenvalue weighted by molar-refractivity contribution is 6.29. The fourth-order valence-electron chi connectivity index (χ4n) is 1.94. The number of aromatic nitrogens is 2. The van der Waals surface area contributed by atoms with Gasteiger partial charge in [0.25, 0.3) is 0 Å². The molecule has 0 aliphatic carbocycles. The van der Waals surface area contributed by atoms with E-state index >= 15 is 0 Å². The van der Waals surface area contributed by atoms with Crippen molar-refractivity contribution in [1.29, 1.82) is 0 Å². The molecule has 20 heavy (non-hydrogen) atoms. The van der Waals surface area contributed by atoms with Crippen LogP contribution in [0.4, 0.5) is 15.9 Å². The van der Waals surface area contributed by atoms with Gasteiger partial charge < -0.3 is 4.90 Å². The SMILES string of the molecule is CCN(c1cccc(F)c1)c1cc(Cl)nc(C(C)C)n1. The molecule has 0 amide bonds. The first-order valence-electron chi connectivity index (χ1n) is 6.59. The first kappa shape index (κ1) is 14.7. The summed E-state index contributed by atoms with van der Waals surface area (Å²) in [6.45, 7) is 6.66. The van der Waals surface area contributed by atoms with E-state index < -0.39 is 0 Å². The predicted octanol–water partition coefficient (Wildman–Crippen LogP) is 4.55. The van der Waals surface area contributed by atoms with Crippen LogP contribution in [0, 0.1) is 5.82 Å². The summed E-state index contributed by atoms with van der Waals surface area (Å²) in [6, 6.07) is 8.12. The maximum absolute atomic E-state index is 13.4. The smallest absolute Gasteiger partial charge is 0.138 e. The van der Waals surface area contributed by atoms with Crippen LogP contribution in [0.15, 0.2) is 30.3 Å². The van der Waals surface area contributed by atoms with Crippen LogP contribution in [0.25, 0.3) is 0 Å². The first-order chi connectivity index (χ1) is 9.51. The third kappa shape index (κ3) is 3.25. The molecule has 5 heteroatoms. The van der Waals surface area contributed by atoms with Crippen LogP contribution in [-0.2, 0) is 0 Å². The summed E-state index contributed by atoms with van der Waals surface area (Å²) in [5.74, 6) is 1.27. The fourth-order valence-corrected chi connectivity index (χ4v) is 2.12. The zero-order valence-corrected chi connectivity index (χ0v) is 12.5. The Morgan fingerprint density at radius 3 is 2.60 bits per heavy atom. The second kappa shape index (κ2) is 6.18. The molecule has 1 aromatic carbocycles. The van der Waals surface area contributed by atoms with E-state index in [-0.39, 0.29) is 11.7 Å². The summed E-state index contributed by atoms with van der Waals surface area (Å²) in [5.41, 5.74) is 0.747. The minimum atomic E-state index is -0.273. The average Bonchev–Trinajstić information content (AvgIpc) is 2.39. The molecule has 0 N–H and O–H groups in total. The highest BCUT2D eigenvalue weighted by Crippen LogP contribution is 2.27. The molecule has 0 saturated carbocycles. The van der Waals surface area contributed by atoms with Gasteiger partial charge in [0.05, 0.1) is 0 Å². The molecule has 0 atom stereocenters. The minimum Gasteiger partial charge on any atom is -0.326 e. The largest absolute Gasteiger partial charge is 0.326 e. The zero-order valence-electron chi connectivity index (χ0n) is 11.8. The van der Waals surface area contributed by atoms with E-state index in [0.717, 1.165) is 5.69 Å². The van der Waals surface area contributed by atoms with Gasteiger partial charge in [0, 0.05) is 24.2 Å². The average molecular weight is 294 g/mol. The fraction of sp³-hybridized carbons (Fsp3) is 0.333. The number of hydrogen-bond donors (Lipinski definition) is 0. The number of halogens is 2. The molecule has 2 rings (SSSR count). The van der Waals surface area contributed by atoms with E-state index in [2.05, 4.69) is 9.97 Å². The maximum Gasteiger partial charge on any atom is 0.138 e. The van der Waals surface area contributed by atoms with Crippen molar-refractivity contribution in [3.8, 4) is 0 Å². The molecule has 0 radical (unpaired) electrons. The first-order valence-corrected chi connectivity index (χ1v) is 6.96. The quantitative estimate of drug-likeness (QED) is 0.774. The Hall–Kier alpha value is -1.68. The molecule has 1 aromatic heterocycles. The van der Waals surface area contributed by atoms with Gasteiger partial charge in [-0.25, -0.2) is 14.4 Å². The van der Waals surface area contributed by atoms with Crippen LogP contribution in [0.2, 0.25) is 5.15 Å². The Labute approximate surface area is 123 Å². The number of nitrogens with zero attached hydrogens (tertiary/aromatic N) is 3. The van der Waals surface area contributed by atoms with Gasteiger partial charge in [0.15, 0.2) is 0 Å². The van der Waals surface area contributed by atoms with Crippen LogP contribution in [0.1, 0.15) is 32.5 Å². The second-order valence-corrected chi connectivity index (χ2v) is 5.17. The van der Waals surface area contributed by atoms with Gasteiger partial charge in [-0.1, -0.05) is 31.5 Å². The summed E-state index contributed by atoms with van der Waals surface area (Å²) in [7, 11) is 0. The molecule has 0 saturated heterocycles. The Kier molecular flexibility index (Phi) is 4.55. The third-order valence-electron chi connectivity index (χ3n) is 2.93. The normalized spacial score (nSPS) is 10.9. The molecule has 2 aromatic rings. The summed E-state index contributed by atoms with van der Waals surface area (Å²) >= 11 is 6.06.